The van der Waals surface area contributed by atoms with Crippen molar-refractivity contribution in [3.05, 3.63) is 34.4 Å². The predicted octanol–water partition coefficient (Wildman–Crippen LogP) is 0.972. The molecule has 1 aromatic rings. The maximum atomic E-state index is 10.4. The monoisotopic (exact) mass is 267 g/mol. The van der Waals surface area contributed by atoms with Crippen LogP contribution in [0, 0.1) is 10.1 Å². The van der Waals surface area contributed by atoms with E-state index >= 15 is 0 Å². The van der Waals surface area contributed by atoms with Gasteiger partial charge in [-0.2, -0.15) is 0 Å². The van der Waals surface area contributed by atoms with E-state index < -0.39 is 0 Å². The van der Waals surface area contributed by atoms with Crippen LogP contribution in [0.1, 0.15) is 0 Å². The van der Waals surface area contributed by atoms with Gasteiger partial charge in [-0.3, -0.25) is 0 Å². The summed E-state index contributed by atoms with van der Waals surface area (Å²) in [5, 5.41) is 10.4. The molecule has 0 fully saturated rings. The standard InChI is InChI=1S/C7H7NO2Te/c1-11-7-5-3-2-4-6(7)8(9)10/h2-5H,1H3. The van der Waals surface area contributed by atoms with Crippen molar-refractivity contribution in [3.63, 3.8) is 0 Å². The molecule has 4 heteroatoms. The van der Waals surface area contributed by atoms with E-state index in [-0.39, 0.29) is 31.5 Å². The normalized spacial score (nSPS) is 9.55. The fourth-order valence-electron chi connectivity index (χ4n) is 0.781. The zero-order chi connectivity index (χ0) is 8.27. The number of rotatable bonds is 2. The van der Waals surface area contributed by atoms with Gasteiger partial charge in [0.05, 0.1) is 0 Å². The van der Waals surface area contributed by atoms with Crippen molar-refractivity contribution in [2.75, 3.05) is 0 Å². The van der Waals surface area contributed by atoms with Crippen molar-refractivity contribution in [1.82, 2.24) is 0 Å². The molecule has 0 amide bonds. The van der Waals surface area contributed by atoms with Gasteiger partial charge in [-0.15, -0.1) is 0 Å². The summed E-state index contributed by atoms with van der Waals surface area (Å²) in [6.45, 7) is 0. The quantitative estimate of drug-likeness (QED) is 0.454. The summed E-state index contributed by atoms with van der Waals surface area (Å²) in [5.41, 5.74) is 0.275. The van der Waals surface area contributed by atoms with Crippen molar-refractivity contribution < 1.29 is 4.92 Å². The molecule has 58 valence electrons. The van der Waals surface area contributed by atoms with Gasteiger partial charge in [0, 0.05) is 0 Å². The van der Waals surface area contributed by atoms with Gasteiger partial charge in [0.15, 0.2) is 0 Å². The minimum absolute atomic E-state index is 0.275. The third kappa shape index (κ3) is 1.92. The van der Waals surface area contributed by atoms with Crippen LogP contribution in [0.5, 0.6) is 0 Å². The van der Waals surface area contributed by atoms with Crippen LogP contribution < -0.4 is 3.61 Å². The molecule has 1 aromatic carbocycles. The van der Waals surface area contributed by atoms with Crippen molar-refractivity contribution in [1.29, 1.82) is 0 Å². The zero-order valence-corrected chi connectivity index (χ0v) is 8.31. The number of nitro groups is 1. The van der Waals surface area contributed by atoms with Gasteiger partial charge in [-0.1, -0.05) is 0 Å². The molecular formula is C7H7NO2Te. The van der Waals surface area contributed by atoms with E-state index in [9.17, 15) is 10.1 Å². The number of nitrogens with zero attached hydrogens (tertiary/aromatic N) is 1. The number of hydrogen-bond acceptors (Lipinski definition) is 2. The number of para-hydroxylation sites is 1. The van der Waals surface area contributed by atoms with E-state index in [4.69, 9.17) is 0 Å². The Balaban J connectivity index is 3.12. The van der Waals surface area contributed by atoms with Gasteiger partial charge >= 0.3 is 74.5 Å². The second-order valence-electron chi connectivity index (χ2n) is 1.93. The van der Waals surface area contributed by atoms with E-state index in [1.807, 2.05) is 17.1 Å². The first-order valence-corrected chi connectivity index (χ1v) is 6.52. The average Bonchev–Trinajstić information content (AvgIpc) is 2.04. The van der Waals surface area contributed by atoms with E-state index in [2.05, 4.69) is 0 Å². The maximum absolute atomic E-state index is 10.4. The second-order valence-corrected chi connectivity index (χ2v) is 4.35. The Morgan fingerprint density at radius 1 is 1.45 bits per heavy atom. The van der Waals surface area contributed by atoms with Gasteiger partial charge in [0.25, 0.3) is 0 Å². The summed E-state index contributed by atoms with van der Waals surface area (Å²) in [6, 6.07) is 6.94. The average molecular weight is 265 g/mol. The summed E-state index contributed by atoms with van der Waals surface area (Å²) in [4.78, 5) is 12.1. The predicted molar refractivity (Wildman–Crippen MR) is 44.3 cm³/mol. The summed E-state index contributed by atoms with van der Waals surface area (Å²) in [6.07, 6.45) is 0. The first-order valence-electron chi connectivity index (χ1n) is 3.03. The summed E-state index contributed by atoms with van der Waals surface area (Å²) < 4.78 is 0.919. The number of benzene rings is 1. The molecule has 0 aliphatic carbocycles. The Hall–Kier alpha value is -0.590. The molecule has 0 N–H and O–H groups in total. The first kappa shape index (κ1) is 8.51. The van der Waals surface area contributed by atoms with Crippen LogP contribution in [0.15, 0.2) is 24.3 Å². The van der Waals surface area contributed by atoms with Crippen molar-refractivity contribution in [2.24, 2.45) is 0 Å². The fraction of sp³-hybridized carbons (Fsp3) is 0.143. The Morgan fingerprint density at radius 3 is 2.55 bits per heavy atom. The van der Waals surface area contributed by atoms with Crippen LogP contribution in [0.3, 0.4) is 0 Å². The molecule has 11 heavy (non-hydrogen) atoms. The molecule has 1 rings (SSSR count). The third-order valence-corrected chi connectivity index (χ3v) is 3.52. The Bertz CT molecular complexity index is 275. The fourth-order valence-corrected chi connectivity index (χ4v) is 2.40. The molecule has 0 saturated heterocycles. The SMILES string of the molecule is C[Te]c1ccccc1[N+](=O)[O-]. The van der Waals surface area contributed by atoms with E-state index in [1.165, 1.54) is 0 Å². The molecule has 0 atom stereocenters. The summed E-state index contributed by atoms with van der Waals surface area (Å²) in [5.74, 6) is 0. The third-order valence-electron chi connectivity index (χ3n) is 1.28. The Kier molecular flexibility index (Phi) is 2.86. The Labute approximate surface area is 74.7 Å². The molecule has 0 bridgehead atoms. The van der Waals surface area contributed by atoms with Crippen LogP contribution in [-0.2, 0) is 0 Å². The molecule has 3 nitrogen and oxygen atoms in total. The molecule has 0 aliphatic heterocycles. The van der Waals surface area contributed by atoms with Gasteiger partial charge in [0.2, 0.25) is 0 Å². The number of hydrogen-bond donors (Lipinski definition) is 0. The summed E-state index contributed by atoms with van der Waals surface area (Å²) in [7, 11) is 0. The topological polar surface area (TPSA) is 43.1 Å². The van der Waals surface area contributed by atoms with Crippen molar-refractivity contribution in [2.45, 2.75) is 4.97 Å². The second kappa shape index (κ2) is 3.70. The van der Waals surface area contributed by atoms with Gasteiger partial charge in [-0.25, -0.2) is 0 Å². The molecule has 0 unspecified atom stereocenters. The molecule has 0 aliphatic rings. The van der Waals surface area contributed by atoms with Crippen LogP contribution in [0.4, 0.5) is 5.69 Å². The summed E-state index contributed by atoms with van der Waals surface area (Å²) >= 11 is -0.350. The van der Waals surface area contributed by atoms with Gasteiger partial charge in [-0.05, 0) is 0 Å². The first-order chi connectivity index (χ1) is 5.25. The molecule has 0 spiro atoms. The van der Waals surface area contributed by atoms with Crippen LogP contribution >= 0.6 is 0 Å². The van der Waals surface area contributed by atoms with Gasteiger partial charge < -0.3 is 0 Å². The molecule has 0 heterocycles. The Morgan fingerprint density at radius 2 is 2.09 bits per heavy atom. The molecule has 0 aromatic heterocycles. The zero-order valence-electron chi connectivity index (χ0n) is 5.98. The number of nitro benzene ring substituents is 1. The van der Waals surface area contributed by atoms with E-state index in [0.717, 1.165) is 3.61 Å². The van der Waals surface area contributed by atoms with Gasteiger partial charge in [0.1, 0.15) is 0 Å². The van der Waals surface area contributed by atoms with Crippen LogP contribution in [0.2, 0.25) is 4.97 Å². The van der Waals surface area contributed by atoms with Crippen molar-refractivity contribution >= 4 is 30.2 Å². The van der Waals surface area contributed by atoms with E-state index in [1.54, 1.807) is 12.1 Å². The molecule has 0 radical (unpaired) electrons. The molecular weight excluding hydrogens is 258 g/mol. The van der Waals surface area contributed by atoms with E-state index in [0.29, 0.717) is 0 Å². The van der Waals surface area contributed by atoms with Crippen molar-refractivity contribution in [3.8, 4) is 0 Å². The van der Waals surface area contributed by atoms with Crippen LogP contribution in [0.25, 0.3) is 0 Å². The molecule has 0 saturated carbocycles. The minimum atomic E-state index is -0.350. The van der Waals surface area contributed by atoms with Crippen LogP contribution in [-0.4, -0.2) is 25.8 Å².